The van der Waals surface area contributed by atoms with E-state index in [0.717, 1.165) is 25.9 Å². The van der Waals surface area contributed by atoms with Crippen molar-refractivity contribution in [1.29, 1.82) is 0 Å². The average molecular weight is 266 g/mol. The number of nitrogens with two attached hydrogens (primary N) is 1. The van der Waals surface area contributed by atoms with Crippen LogP contribution in [-0.2, 0) is 13.1 Å². The number of rotatable bonds is 6. The SMILES string of the molecule is CCN(Cc1cnn(CCO)c1)C1CCC(N)CC1. The van der Waals surface area contributed by atoms with Gasteiger partial charge in [0.05, 0.1) is 19.3 Å². The van der Waals surface area contributed by atoms with Crippen molar-refractivity contribution in [2.24, 2.45) is 5.73 Å². The first kappa shape index (κ1) is 14.5. The van der Waals surface area contributed by atoms with E-state index in [4.69, 9.17) is 10.8 Å². The number of aromatic nitrogens is 2. The molecule has 3 N–H and O–H groups in total. The van der Waals surface area contributed by atoms with E-state index < -0.39 is 0 Å². The molecule has 1 aromatic rings. The second-order valence-corrected chi connectivity index (χ2v) is 5.47. The molecule has 5 heteroatoms. The predicted octanol–water partition coefficient (Wildman–Crippen LogP) is 0.967. The van der Waals surface area contributed by atoms with E-state index in [1.807, 2.05) is 12.4 Å². The molecule has 0 radical (unpaired) electrons. The average Bonchev–Trinajstić information content (AvgIpc) is 2.85. The molecule has 1 aliphatic rings. The maximum Gasteiger partial charge on any atom is 0.0640 e. The summed E-state index contributed by atoms with van der Waals surface area (Å²) in [5.74, 6) is 0. The molecule has 0 amide bonds. The van der Waals surface area contributed by atoms with Crippen molar-refractivity contribution in [2.75, 3.05) is 13.2 Å². The van der Waals surface area contributed by atoms with E-state index in [2.05, 4.69) is 16.9 Å². The Kier molecular flexibility index (Phi) is 5.36. The lowest BCUT2D eigenvalue weighted by Gasteiger charge is -2.35. The van der Waals surface area contributed by atoms with Gasteiger partial charge in [-0.15, -0.1) is 0 Å². The highest BCUT2D eigenvalue weighted by atomic mass is 16.3. The zero-order valence-corrected chi connectivity index (χ0v) is 11.8. The van der Waals surface area contributed by atoms with Gasteiger partial charge >= 0.3 is 0 Å². The van der Waals surface area contributed by atoms with Crippen LogP contribution in [0.2, 0.25) is 0 Å². The molecule has 0 spiro atoms. The first-order valence-corrected chi connectivity index (χ1v) is 7.34. The minimum atomic E-state index is 0.138. The normalized spacial score (nSPS) is 24.0. The molecule has 0 bridgehead atoms. The Morgan fingerprint density at radius 1 is 1.42 bits per heavy atom. The second kappa shape index (κ2) is 7.03. The van der Waals surface area contributed by atoms with Crippen LogP contribution in [0.25, 0.3) is 0 Å². The number of aliphatic hydroxyl groups excluding tert-OH is 1. The van der Waals surface area contributed by atoms with Crippen molar-refractivity contribution in [1.82, 2.24) is 14.7 Å². The summed E-state index contributed by atoms with van der Waals surface area (Å²) in [5, 5.41) is 13.2. The van der Waals surface area contributed by atoms with E-state index in [0.29, 0.717) is 18.6 Å². The predicted molar refractivity (Wildman–Crippen MR) is 75.6 cm³/mol. The zero-order chi connectivity index (χ0) is 13.7. The lowest BCUT2D eigenvalue weighted by molar-refractivity contribution is 0.149. The van der Waals surface area contributed by atoms with Crippen molar-refractivity contribution in [2.45, 2.75) is 57.8 Å². The fourth-order valence-corrected chi connectivity index (χ4v) is 2.91. The van der Waals surface area contributed by atoms with Gasteiger partial charge in [-0.25, -0.2) is 0 Å². The summed E-state index contributed by atoms with van der Waals surface area (Å²) in [7, 11) is 0. The highest BCUT2D eigenvalue weighted by Crippen LogP contribution is 2.23. The van der Waals surface area contributed by atoms with Crippen LogP contribution in [0, 0.1) is 0 Å². The Morgan fingerprint density at radius 3 is 2.79 bits per heavy atom. The molecule has 1 fully saturated rings. The summed E-state index contributed by atoms with van der Waals surface area (Å²) >= 11 is 0. The van der Waals surface area contributed by atoms with Gasteiger partial charge in [0.1, 0.15) is 0 Å². The Balaban J connectivity index is 1.90. The molecule has 1 aromatic heterocycles. The highest BCUT2D eigenvalue weighted by Gasteiger charge is 2.23. The summed E-state index contributed by atoms with van der Waals surface area (Å²) in [6, 6.07) is 1.06. The number of hydrogen-bond acceptors (Lipinski definition) is 4. The van der Waals surface area contributed by atoms with Crippen molar-refractivity contribution in [3.05, 3.63) is 18.0 Å². The summed E-state index contributed by atoms with van der Waals surface area (Å²) in [6.07, 6.45) is 8.65. The van der Waals surface area contributed by atoms with Gasteiger partial charge in [0, 0.05) is 30.4 Å². The van der Waals surface area contributed by atoms with Gasteiger partial charge in [-0.1, -0.05) is 6.92 Å². The second-order valence-electron chi connectivity index (χ2n) is 5.47. The minimum Gasteiger partial charge on any atom is -0.394 e. The third-order valence-electron chi connectivity index (χ3n) is 4.07. The third-order valence-corrected chi connectivity index (χ3v) is 4.07. The smallest absolute Gasteiger partial charge is 0.0640 e. The molecule has 0 aromatic carbocycles. The molecule has 0 unspecified atom stereocenters. The number of nitrogens with zero attached hydrogens (tertiary/aromatic N) is 3. The van der Waals surface area contributed by atoms with E-state index in [9.17, 15) is 0 Å². The number of hydrogen-bond donors (Lipinski definition) is 2. The molecule has 1 saturated carbocycles. The quantitative estimate of drug-likeness (QED) is 0.805. The standard InChI is InChI=1S/C14H26N4O/c1-2-17(14-5-3-13(15)4-6-14)10-12-9-16-18(11-12)7-8-19/h9,11,13-14,19H,2-8,10,15H2,1H3. The topological polar surface area (TPSA) is 67.3 Å². The molecule has 1 heterocycles. The van der Waals surface area contributed by atoms with Crippen molar-refractivity contribution in [3.8, 4) is 0 Å². The van der Waals surface area contributed by atoms with Gasteiger partial charge in [-0.05, 0) is 32.2 Å². The maximum absolute atomic E-state index is 8.90. The van der Waals surface area contributed by atoms with Crippen LogP contribution in [0.1, 0.15) is 38.2 Å². The Bertz CT molecular complexity index is 371. The fraction of sp³-hybridized carbons (Fsp3) is 0.786. The summed E-state index contributed by atoms with van der Waals surface area (Å²) in [5.41, 5.74) is 7.20. The summed E-state index contributed by atoms with van der Waals surface area (Å²) < 4.78 is 1.81. The molecule has 1 aliphatic carbocycles. The first-order valence-electron chi connectivity index (χ1n) is 7.34. The van der Waals surface area contributed by atoms with Gasteiger partial charge in [0.25, 0.3) is 0 Å². The van der Waals surface area contributed by atoms with Gasteiger partial charge < -0.3 is 10.8 Å². The molecule has 2 rings (SSSR count). The van der Waals surface area contributed by atoms with E-state index in [1.165, 1.54) is 18.4 Å². The molecule has 5 nitrogen and oxygen atoms in total. The van der Waals surface area contributed by atoms with E-state index in [-0.39, 0.29) is 6.61 Å². The van der Waals surface area contributed by atoms with Crippen LogP contribution in [0.4, 0.5) is 0 Å². The van der Waals surface area contributed by atoms with Crippen molar-refractivity contribution >= 4 is 0 Å². The van der Waals surface area contributed by atoms with E-state index >= 15 is 0 Å². The lowest BCUT2D eigenvalue weighted by atomic mass is 9.90. The third kappa shape index (κ3) is 4.03. The Labute approximate surface area is 115 Å². The van der Waals surface area contributed by atoms with Crippen molar-refractivity contribution < 1.29 is 5.11 Å². The Morgan fingerprint density at radius 2 is 2.16 bits per heavy atom. The van der Waals surface area contributed by atoms with Gasteiger partial charge in [-0.3, -0.25) is 9.58 Å². The fourth-order valence-electron chi connectivity index (χ4n) is 2.91. The van der Waals surface area contributed by atoms with Crippen molar-refractivity contribution in [3.63, 3.8) is 0 Å². The van der Waals surface area contributed by atoms with Gasteiger partial charge in [0.2, 0.25) is 0 Å². The molecular formula is C14H26N4O. The largest absolute Gasteiger partial charge is 0.394 e. The first-order chi connectivity index (χ1) is 9.22. The van der Waals surface area contributed by atoms with Gasteiger partial charge in [0.15, 0.2) is 0 Å². The highest BCUT2D eigenvalue weighted by molar-refractivity contribution is 5.04. The molecule has 19 heavy (non-hydrogen) atoms. The minimum absolute atomic E-state index is 0.138. The van der Waals surface area contributed by atoms with Crippen LogP contribution in [0.5, 0.6) is 0 Å². The summed E-state index contributed by atoms with van der Waals surface area (Å²) in [4.78, 5) is 2.52. The molecule has 0 aliphatic heterocycles. The molecule has 0 atom stereocenters. The molecule has 0 saturated heterocycles. The van der Waals surface area contributed by atoms with Crippen LogP contribution >= 0.6 is 0 Å². The Hall–Kier alpha value is -0.910. The zero-order valence-electron chi connectivity index (χ0n) is 11.8. The maximum atomic E-state index is 8.90. The van der Waals surface area contributed by atoms with E-state index in [1.54, 1.807) is 4.68 Å². The monoisotopic (exact) mass is 266 g/mol. The van der Waals surface area contributed by atoms with Crippen LogP contribution in [-0.4, -0.2) is 45.0 Å². The number of aliphatic hydroxyl groups is 1. The molecule has 108 valence electrons. The van der Waals surface area contributed by atoms with Gasteiger partial charge in [-0.2, -0.15) is 5.10 Å². The molecular weight excluding hydrogens is 240 g/mol. The van der Waals surface area contributed by atoms with Crippen LogP contribution in [0.3, 0.4) is 0 Å². The lowest BCUT2D eigenvalue weighted by Crippen LogP contribution is -2.40. The van der Waals surface area contributed by atoms with Crippen LogP contribution < -0.4 is 5.73 Å². The summed E-state index contributed by atoms with van der Waals surface area (Å²) in [6.45, 7) is 4.93. The van der Waals surface area contributed by atoms with Crippen LogP contribution in [0.15, 0.2) is 12.4 Å².